The van der Waals surface area contributed by atoms with Crippen LogP contribution in [-0.4, -0.2) is 25.8 Å². The van der Waals surface area contributed by atoms with Gasteiger partial charge in [-0.2, -0.15) is 5.26 Å². The maximum absolute atomic E-state index is 11.6. The highest BCUT2D eigenvalue weighted by Gasteiger charge is 2.09. The Morgan fingerprint density at radius 1 is 1.04 bits per heavy atom. The first-order chi connectivity index (χ1) is 12.2. The number of ether oxygens (including phenoxy) is 3. The summed E-state index contributed by atoms with van der Waals surface area (Å²) in [6.45, 7) is 2.71. The van der Waals surface area contributed by atoms with Gasteiger partial charge in [-0.25, -0.2) is 4.79 Å². The van der Waals surface area contributed by atoms with E-state index in [1.165, 1.54) is 6.08 Å². The average molecular weight is 337 g/mol. The summed E-state index contributed by atoms with van der Waals surface area (Å²) in [5.74, 6) is 0.787. The van der Waals surface area contributed by atoms with Crippen molar-refractivity contribution in [3.05, 3.63) is 65.7 Å². The van der Waals surface area contributed by atoms with Gasteiger partial charge in [0.1, 0.15) is 36.4 Å². The molecule has 2 rings (SSSR count). The van der Waals surface area contributed by atoms with E-state index in [1.807, 2.05) is 36.4 Å². The van der Waals surface area contributed by atoms with E-state index in [0.29, 0.717) is 24.5 Å². The maximum atomic E-state index is 11.6. The molecule has 2 aromatic carbocycles. The quantitative estimate of drug-likeness (QED) is 0.318. The lowest BCUT2D eigenvalue weighted by molar-refractivity contribution is -0.137. The van der Waals surface area contributed by atoms with E-state index < -0.39 is 5.97 Å². The minimum absolute atomic E-state index is 0.0496. The van der Waals surface area contributed by atoms with Crippen LogP contribution in [-0.2, 0) is 9.53 Å². The molecular formula is C20H19NO4. The van der Waals surface area contributed by atoms with Crippen molar-refractivity contribution in [2.75, 3.05) is 19.8 Å². The molecule has 0 fully saturated rings. The standard InChI is InChI=1S/C20H19NO4/c1-2-23-20(22)17(15-21)13-16-7-6-10-19(14-16)25-12-11-24-18-8-4-3-5-9-18/h3-10,13-14H,2,11-12H2,1H3/b17-13-. The zero-order valence-electron chi connectivity index (χ0n) is 14.0. The maximum Gasteiger partial charge on any atom is 0.348 e. The van der Waals surface area contributed by atoms with E-state index in [4.69, 9.17) is 19.5 Å². The third-order valence-corrected chi connectivity index (χ3v) is 3.15. The Morgan fingerprint density at radius 3 is 2.40 bits per heavy atom. The summed E-state index contributed by atoms with van der Waals surface area (Å²) in [7, 11) is 0. The van der Waals surface area contributed by atoms with Gasteiger partial charge >= 0.3 is 5.97 Å². The van der Waals surface area contributed by atoms with Crippen molar-refractivity contribution >= 4 is 12.0 Å². The molecular weight excluding hydrogens is 318 g/mol. The minimum atomic E-state index is -0.632. The molecule has 0 heterocycles. The highest BCUT2D eigenvalue weighted by Crippen LogP contribution is 2.16. The first kappa shape index (κ1) is 18.1. The number of nitrogens with zero attached hydrogens (tertiary/aromatic N) is 1. The number of para-hydroxylation sites is 1. The Bertz CT molecular complexity index is 763. The second-order valence-electron chi connectivity index (χ2n) is 4.97. The van der Waals surface area contributed by atoms with E-state index in [0.717, 1.165) is 5.75 Å². The van der Waals surface area contributed by atoms with Gasteiger partial charge < -0.3 is 14.2 Å². The zero-order valence-corrected chi connectivity index (χ0v) is 14.0. The van der Waals surface area contributed by atoms with Crippen LogP contribution in [0.25, 0.3) is 6.08 Å². The van der Waals surface area contributed by atoms with Gasteiger partial charge in [-0.05, 0) is 42.8 Å². The summed E-state index contributed by atoms with van der Waals surface area (Å²) in [4.78, 5) is 11.6. The topological polar surface area (TPSA) is 68.6 Å². The molecule has 0 aliphatic heterocycles. The fourth-order valence-corrected chi connectivity index (χ4v) is 2.04. The monoisotopic (exact) mass is 337 g/mol. The Hall–Kier alpha value is -3.26. The molecule has 0 bridgehead atoms. The second-order valence-corrected chi connectivity index (χ2v) is 4.97. The SMILES string of the molecule is CCOC(=O)/C(C#N)=C\c1cccc(OCCOc2ccccc2)c1. The molecule has 25 heavy (non-hydrogen) atoms. The number of hydrogen-bond donors (Lipinski definition) is 0. The first-order valence-corrected chi connectivity index (χ1v) is 7.92. The molecule has 0 saturated carbocycles. The van der Waals surface area contributed by atoms with E-state index in [2.05, 4.69) is 0 Å². The molecule has 0 unspecified atom stereocenters. The normalized spacial score (nSPS) is 10.6. The molecule has 5 heteroatoms. The van der Waals surface area contributed by atoms with Gasteiger partial charge in [0.2, 0.25) is 0 Å². The van der Waals surface area contributed by atoms with Gasteiger partial charge in [0.15, 0.2) is 0 Å². The Kier molecular flexibility index (Phi) is 7.08. The lowest BCUT2D eigenvalue weighted by Crippen LogP contribution is -2.09. The first-order valence-electron chi connectivity index (χ1n) is 7.92. The molecule has 0 aromatic heterocycles. The van der Waals surface area contributed by atoms with Crippen molar-refractivity contribution in [3.8, 4) is 17.6 Å². The van der Waals surface area contributed by atoms with Crippen molar-refractivity contribution in [3.63, 3.8) is 0 Å². The molecule has 5 nitrogen and oxygen atoms in total. The summed E-state index contributed by atoms with van der Waals surface area (Å²) in [5.41, 5.74) is 0.637. The molecule has 2 aromatic rings. The van der Waals surface area contributed by atoms with Crippen molar-refractivity contribution in [1.82, 2.24) is 0 Å². The fourth-order valence-electron chi connectivity index (χ4n) is 2.04. The predicted molar refractivity (Wildman–Crippen MR) is 94.1 cm³/mol. The largest absolute Gasteiger partial charge is 0.490 e. The average Bonchev–Trinajstić information content (AvgIpc) is 2.64. The summed E-state index contributed by atoms with van der Waals surface area (Å²) in [5, 5.41) is 9.07. The molecule has 0 aliphatic carbocycles. The lowest BCUT2D eigenvalue weighted by Gasteiger charge is -2.09. The molecule has 0 spiro atoms. The van der Waals surface area contributed by atoms with Gasteiger partial charge in [-0.1, -0.05) is 30.3 Å². The second kappa shape index (κ2) is 9.78. The lowest BCUT2D eigenvalue weighted by atomic mass is 10.1. The summed E-state index contributed by atoms with van der Waals surface area (Å²) in [6, 6.07) is 18.5. The Balaban J connectivity index is 1.92. The number of nitriles is 1. The van der Waals surface area contributed by atoms with Crippen LogP contribution in [0.15, 0.2) is 60.2 Å². The third-order valence-electron chi connectivity index (χ3n) is 3.15. The summed E-state index contributed by atoms with van der Waals surface area (Å²) < 4.78 is 16.0. The van der Waals surface area contributed by atoms with Crippen LogP contribution in [0.1, 0.15) is 12.5 Å². The number of carbonyl (C=O) groups is 1. The van der Waals surface area contributed by atoms with Crippen molar-refractivity contribution in [1.29, 1.82) is 5.26 Å². The Labute approximate surface area is 147 Å². The van der Waals surface area contributed by atoms with E-state index in [1.54, 1.807) is 31.2 Å². The fraction of sp³-hybridized carbons (Fsp3) is 0.200. The molecule has 0 N–H and O–H groups in total. The molecule has 0 aliphatic rings. The third kappa shape index (κ3) is 6.04. The number of benzene rings is 2. The molecule has 128 valence electrons. The predicted octanol–water partition coefficient (Wildman–Crippen LogP) is 3.61. The number of carbonyl (C=O) groups excluding carboxylic acids is 1. The van der Waals surface area contributed by atoms with Gasteiger partial charge in [0, 0.05) is 0 Å². The van der Waals surface area contributed by atoms with Gasteiger partial charge in [-0.3, -0.25) is 0 Å². The van der Waals surface area contributed by atoms with Gasteiger partial charge in [-0.15, -0.1) is 0 Å². The van der Waals surface area contributed by atoms with E-state index in [9.17, 15) is 4.79 Å². The molecule has 0 amide bonds. The van der Waals surface area contributed by atoms with Crippen molar-refractivity contribution < 1.29 is 19.0 Å². The summed E-state index contributed by atoms with van der Waals surface area (Å²) in [6.07, 6.45) is 1.48. The Morgan fingerprint density at radius 2 is 1.72 bits per heavy atom. The molecule has 0 atom stereocenters. The van der Waals surface area contributed by atoms with Crippen LogP contribution in [0.3, 0.4) is 0 Å². The highest BCUT2D eigenvalue weighted by atomic mass is 16.5. The van der Waals surface area contributed by atoms with Crippen LogP contribution >= 0.6 is 0 Å². The highest BCUT2D eigenvalue weighted by molar-refractivity contribution is 5.97. The number of esters is 1. The van der Waals surface area contributed by atoms with Crippen molar-refractivity contribution in [2.45, 2.75) is 6.92 Å². The van der Waals surface area contributed by atoms with Crippen LogP contribution < -0.4 is 9.47 Å². The smallest absolute Gasteiger partial charge is 0.348 e. The van der Waals surface area contributed by atoms with Crippen LogP contribution in [0.5, 0.6) is 11.5 Å². The van der Waals surface area contributed by atoms with Crippen LogP contribution in [0.4, 0.5) is 0 Å². The zero-order chi connectivity index (χ0) is 17.9. The van der Waals surface area contributed by atoms with Crippen LogP contribution in [0.2, 0.25) is 0 Å². The number of rotatable bonds is 8. The minimum Gasteiger partial charge on any atom is -0.490 e. The van der Waals surface area contributed by atoms with Crippen LogP contribution in [0, 0.1) is 11.3 Å². The number of hydrogen-bond acceptors (Lipinski definition) is 5. The summed E-state index contributed by atoms with van der Waals surface area (Å²) >= 11 is 0. The molecule has 0 radical (unpaired) electrons. The van der Waals surface area contributed by atoms with E-state index in [-0.39, 0.29) is 12.2 Å². The van der Waals surface area contributed by atoms with Gasteiger partial charge in [0.25, 0.3) is 0 Å². The van der Waals surface area contributed by atoms with E-state index >= 15 is 0 Å². The van der Waals surface area contributed by atoms with Gasteiger partial charge in [0.05, 0.1) is 6.61 Å². The van der Waals surface area contributed by atoms with Crippen molar-refractivity contribution in [2.24, 2.45) is 0 Å². The molecule has 0 saturated heterocycles.